The fourth-order valence-electron chi connectivity index (χ4n) is 2.85. The van der Waals surface area contributed by atoms with Gasteiger partial charge in [-0.05, 0) is 37.8 Å². The first kappa shape index (κ1) is 7.56. The monoisotopic (exact) mass is 177 g/mol. The number of rotatable bonds is 0. The molecule has 0 radical (unpaired) electrons. The zero-order chi connectivity index (χ0) is 8.73. The number of aromatic nitrogens is 2. The van der Waals surface area contributed by atoms with Crippen LogP contribution in [0.5, 0.6) is 0 Å². The van der Waals surface area contributed by atoms with E-state index in [1.807, 2.05) is 6.20 Å². The molecule has 2 N–H and O–H groups in total. The van der Waals surface area contributed by atoms with E-state index in [1.54, 1.807) is 0 Å². The first-order chi connectivity index (χ1) is 6.41. The molecule has 2 heterocycles. The van der Waals surface area contributed by atoms with Crippen molar-refractivity contribution in [3.63, 3.8) is 0 Å². The predicted molar refractivity (Wildman–Crippen MR) is 50.7 cm³/mol. The number of aryl methyl sites for hydroxylation is 1. The highest BCUT2D eigenvalue weighted by Gasteiger charge is 2.40. The van der Waals surface area contributed by atoms with Crippen LogP contribution in [0, 0.1) is 0 Å². The molecule has 3 rings (SSSR count). The highest BCUT2D eigenvalue weighted by Crippen LogP contribution is 2.41. The normalized spacial score (nSPS) is 32.3. The summed E-state index contributed by atoms with van der Waals surface area (Å²) in [6.45, 7) is 2.33. The fourth-order valence-corrected chi connectivity index (χ4v) is 2.85. The van der Waals surface area contributed by atoms with Gasteiger partial charge < -0.3 is 5.32 Å². The van der Waals surface area contributed by atoms with E-state index in [2.05, 4.69) is 15.5 Å². The molecule has 1 unspecified atom stereocenters. The Morgan fingerprint density at radius 3 is 3.23 bits per heavy atom. The fraction of sp³-hybridized carbons (Fsp3) is 0.700. The largest absolute Gasteiger partial charge is 0.316 e. The molecule has 0 bridgehead atoms. The van der Waals surface area contributed by atoms with Gasteiger partial charge in [0.25, 0.3) is 0 Å². The van der Waals surface area contributed by atoms with Crippen molar-refractivity contribution < 1.29 is 0 Å². The van der Waals surface area contributed by atoms with Crippen molar-refractivity contribution in [2.24, 2.45) is 0 Å². The highest BCUT2D eigenvalue weighted by atomic mass is 15.1. The van der Waals surface area contributed by atoms with Gasteiger partial charge in [-0.15, -0.1) is 0 Å². The molecule has 0 aromatic carbocycles. The summed E-state index contributed by atoms with van der Waals surface area (Å²) in [5.41, 5.74) is 3.27. The van der Waals surface area contributed by atoms with Gasteiger partial charge in [-0.25, -0.2) is 0 Å². The average molecular weight is 177 g/mol. The number of nitrogens with zero attached hydrogens (tertiary/aromatic N) is 1. The summed E-state index contributed by atoms with van der Waals surface area (Å²) in [5, 5.41) is 10.8. The van der Waals surface area contributed by atoms with Crippen LogP contribution < -0.4 is 5.32 Å². The van der Waals surface area contributed by atoms with Gasteiger partial charge in [0.2, 0.25) is 0 Å². The molecular weight excluding hydrogens is 162 g/mol. The summed E-state index contributed by atoms with van der Waals surface area (Å²) >= 11 is 0. The zero-order valence-electron chi connectivity index (χ0n) is 7.77. The zero-order valence-corrected chi connectivity index (χ0v) is 7.77. The van der Waals surface area contributed by atoms with E-state index < -0.39 is 0 Å². The number of hydrogen-bond donors (Lipinski definition) is 2. The van der Waals surface area contributed by atoms with E-state index >= 15 is 0 Å². The second-order valence-electron chi connectivity index (χ2n) is 4.33. The molecule has 1 aromatic rings. The van der Waals surface area contributed by atoms with Crippen molar-refractivity contribution in [2.45, 2.75) is 31.1 Å². The van der Waals surface area contributed by atoms with E-state index in [0.29, 0.717) is 5.41 Å². The van der Waals surface area contributed by atoms with Gasteiger partial charge >= 0.3 is 0 Å². The first-order valence-electron chi connectivity index (χ1n) is 5.14. The van der Waals surface area contributed by atoms with Gasteiger partial charge in [0.15, 0.2) is 0 Å². The Kier molecular flexibility index (Phi) is 1.50. The second kappa shape index (κ2) is 2.58. The van der Waals surface area contributed by atoms with Crippen LogP contribution in [-0.4, -0.2) is 23.3 Å². The van der Waals surface area contributed by atoms with Crippen LogP contribution in [0.25, 0.3) is 0 Å². The first-order valence-corrected chi connectivity index (χ1v) is 5.14. The van der Waals surface area contributed by atoms with Crippen LogP contribution in [-0.2, 0) is 11.8 Å². The molecular formula is C10H15N3. The lowest BCUT2D eigenvalue weighted by Gasteiger charge is -2.33. The van der Waals surface area contributed by atoms with Gasteiger partial charge in [-0.1, -0.05) is 0 Å². The lowest BCUT2D eigenvalue weighted by Crippen LogP contribution is -2.42. The minimum Gasteiger partial charge on any atom is -0.316 e. The smallest absolute Gasteiger partial charge is 0.0522 e. The summed E-state index contributed by atoms with van der Waals surface area (Å²) in [7, 11) is 0. The maximum absolute atomic E-state index is 4.14. The minimum atomic E-state index is 0.407. The lowest BCUT2D eigenvalue weighted by molar-refractivity contribution is 0.304. The minimum absolute atomic E-state index is 0.407. The summed E-state index contributed by atoms with van der Waals surface area (Å²) in [6.07, 6.45) is 7.16. The van der Waals surface area contributed by atoms with Gasteiger partial charge in [0, 0.05) is 17.7 Å². The summed E-state index contributed by atoms with van der Waals surface area (Å²) in [5.74, 6) is 0. The van der Waals surface area contributed by atoms with Crippen LogP contribution >= 0.6 is 0 Å². The topological polar surface area (TPSA) is 40.7 Å². The third kappa shape index (κ3) is 0.967. The van der Waals surface area contributed by atoms with Gasteiger partial charge in [-0.2, -0.15) is 5.10 Å². The summed E-state index contributed by atoms with van der Waals surface area (Å²) in [6, 6.07) is 0. The molecule has 0 amide bonds. The summed E-state index contributed by atoms with van der Waals surface area (Å²) < 4.78 is 0. The molecule has 13 heavy (non-hydrogen) atoms. The van der Waals surface area contributed by atoms with Crippen LogP contribution in [0.3, 0.4) is 0 Å². The van der Waals surface area contributed by atoms with Crippen LogP contribution in [0.15, 0.2) is 6.20 Å². The predicted octanol–water partition coefficient (Wildman–Crippen LogP) is 0.977. The maximum Gasteiger partial charge on any atom is 0.0522 e. The van der Waals surface area contributed by atoms with E-state index in [-0.39, 0.29) is 0 Å². The van der Waals surface area contributed by atoms with E-state index in [0.717, 1.165) is 6.54 Å². The number of aromatic amines is 1. The Morgan fingerprint density at radius 1 is 1.38 bits per heavy atom. The molecule has 70 valence electrons. The van der Waals surface area contributed by atoms with E-state index in [4.69, 9.17) is 0 Å². The Labute approximate surface area is 77.9 Å². The maximum atomic E-state index is 4.14. The van der Waals surface area contributed by atoms with Crippen LogP contribution in [0.4, 0.5) is 0 Å². The van der Waals surface area contributed by atoms with Crippen molar-refractivity contribution in [1.82, 2.24) is 15.5 Å². The lowest BCUT2D eigenvalue weighted by atomic mass is 9.78. The average Bonchev–Trinajstić information content (AvgIpc) is 2.73. The Morgan fingerprint density at radius 2 is 2.38 bits per heavy atom. The van der Waals surface area contributed by atoms with E-state index in [1.165, 1.54) is 43.5 Å². The molecule has 1 saturated heterocycles. The quantitative estimate of drug-likeness (QED) is 0.620. The number of nitrogens with one attached hydrogen (secondary N) is 2. The Balaban J connectivity index is 2.00. The number of H-pyrrole nitrogens is 1. The van der Waals surface area contributed by atoms with Crippen LogP contribution in [0.1, 0.15) is 30.5 Å². The van der Waals surface area contributed by atoms with Crippen molar-refractivity contribution in [1.29, 1.82) is 0 Å². The standard InChI is InChI=1S/C10H15N3/c1-3-10(7-11-5-1)4-2-8-6-12-13-9(8)10/h6,11H,1-5,7H2,(H,12,13). The molecule has 3 nitrogen and oxygen atoms in total. The number of hydrogen-bond acceptors (Lipinski definition) is 2. The molecule has 1 aliphatic carbocycles. The van der Waals surface area contributed by atoms with Crippen molar-refractivity contribution >= 4 is 0 Å². The van der Waals surface area contributed by atoms with Crippen LogP contribution in [0.2, 0.25) is 0 Å². The molecule has 1 aromatic heterocycles. The third-order valence-corrected chi connectivity index (χ3v) is 3.59. The number of fused-ring (bicyclic) bond motifs is 2. The molecule has 1 spiro atoms. The molecule has 0 saturated carbocycles. The van der Waals surface area contributed by atoms with Gasteiger partial charge in [0.05, 0.1) is 6.20 Å². The Bertz CT molecular complexity index is 310. The van der Waals surface area contributed by atoms with Gasteiger partial charge in [0.1, 0.15) is 0 Å². The molecule has 1 fully saturated rings. The molecule has 1 aliphatic heterocycles. The molecule has 2 aliphatic rings. The molecule has 1 atom stereocenters. The van der Waals surface area contributed by atoms with Crippen molar-refractivity contribution in [2.75, 3.05) is 13.1 Å². The second-order valence-corrected chi connectivity index (χ2v) is 4.33. The third-order valence-electron chi connectivity index (χ3n) is 3.59. The van der Waals surface area contributed by atoms with Crippen molar-refractivity contribution in [3.05, 3.63) is 17.5 Å². The Hall–Kier alpha value is -0.830. The highest BCUT2D eigenvalue weighted by molar-refractivity contribution is 5.32. The number of piperidine rings is 1. The van der Waals surface area contributed by atoms with Gasteiger partial charge in [-0.3, -0.25) is 5.10 Å². The SMILES string of the molecule is c1n[nH]c2c1CCC21CCCNC1. The van der Waals surface area contributed by atoms with Crippen molar-refractivity contribution in [3.8, 4) is 0 Å². The summed E-state index contributed by atoms with van der Waals surface area (Å²) in [4.78, 5) is 0. The van der Waals surface area contributed by atoms with E-state index in [9.17, 15) is 0 Å². The molecule has 3 heteroatoms.